The number of hydrogen-bond acceptors (Lipinski definition) is 4. The largest absolute Gasteiger partial charge is 0.467 e. The molecule has 102 valence electrons. The number of hydrogen-bond donors (Lipinski definition) is 1. The van der Waals surface area contributed by atoms with Crippen LogP contribution in [0.5, 0.6) is 0 Å². The van der Waals surface area contributed by atoms with E-state index in [4.69, 9.17) is 9.68 Å². The standard InChI is InChI=1S/C14H19N3O2/c1-11(17-6-2-4-12(8-15)10-17)14(18)16-9-13-5-3-7-19-13/h3,5,7,11-12H,2,4,6,9-10H2,1H3,(H,16,18). The van der Waals surface area contributed by atoms with Crippen LogP contribution in [0.25, 0.3) is 0 Å². The third kappa shape index (κ3) is 3.58. The summed E-state index contributed by atoms with van der Waals surface area (Å²) in [6, 6.07) is 5.72. The van der Waals surface area contributed by atoms with E-state index in [2.05, 4.69) is 16.3 Å². The Morgan fingerprint density at radius 1 is 1.74 bits per heavy atom. The fourth-order valence-corrected chi connectivity index (χ4v) is 2.36. The van der Waals surface area contributed by atoms with Gasteiger partial charge in [-0.05, 0) is 38.4 Å². The van der Waals surface area contributed by atoms with Crippen molar-refractivity contribution in [1.29, 1.82) is 5.26 Å². The van der Waals surface area contributed by atoms with Gasteiger partial charge in [-0.15, -0.1) is 0 Å². The molecule has 1 aromatic rings. The van der Waals surface area contributed by atoms with Crippen molar-refractivity contribution in [3.8, 4) is 6.07 Å². The minimum atomic E-state index is -0.203. The third-order valence-electron chi connectivity index (χ3n) is 3.58. The molecule has 1 amide bonds. The summed E-state index contributed by atoms with van der Waals surface area (Å²) >= 11 is 0. The Hall–Kier alpha value is -1.80. The maximum Gasteiger partial charge on any atom is 0.237 e. The highest BCUT2D eigenvalue weighted by molar-refractivity contribution is 5.81. The molecule has 1 N–H and O–H groups in total. The summed E-state index contributed by atoms with van der Waals surface area (Å²) in [6.45, 7) is 3.86. The fourth-order valence-electron chi connectivity index (χ4n) is 2.36. The van der Waals surface area contributed by atoms with E-state index in [1.165, 1.54) is 0 Å². The van der Waals surface area contributed by atoms with E-state index in [9.17, 15) is 4.79 Å². The minimum Gasteiger partial charge on any atom is -0.467 e. The van der Waals surface area contributed by atoms with E-state index in [0.29, 0.717) is 13.1 Å². The molecule has 1 saturated heterocycles. The van der Waals surface area contributed by atoms with Gasteiger partial charge in [0.25, 0.3) is 0 Å². The van der Waals surface area contributed by atoms with Gasteiger partial charge in [0.2, 0.25) is 5.91 Å². The Balaban J connectivity index is 1.83. The summed E-state index contributed by atoms with van der Waals surface area (Å²) in [4.78, 5) is 14.1. The number of rotatable bonds is 4. The average Bonchev–Trinajstić information content (AvgIpc) is 2.97. The van der Waals surface area contributed by atoms with Crippen LogP contribution >= 0.6 is 0 Å². The number of nitriles is 1. The molecule has 1 aliphatic heterocycles. The van der Waals surface area contributed by atoms with E-state index in [1.54, 1.807) is 12.3 Å². The Morgan fingerprint density at radius 2 is 2.58 bits per heavy atom. The maximum absolute atomic E-state index is 12.1. The van der Waals surface area contributed by atoms with Gasteiger partial charge >= 0.3 is 0 Å². The monoisotopic (exact) mass is 261 g/mol. The second-order valence-electron chi connectivity index (χ2n) is 4.94. The van der Waals surface area contributed by atoms with E-state index in [0.717, 1.165) is 25.1 Å². The molecule has 0 spiro atoms. The molecule has 0 aliphatic carbocycles. The molecule has 0 aromatic carbocycles. The van der Waals surface area contributed by atoms with Crippen molar-refractivity contribution in [3.05, 3.63) is 24.2 Å². The highest BCUT2D eigenvalue weighted by Gasteiger charge is 2.27. The van der Waals surface area contributed by atoms with Gasteiger partial charge in [-0.25, -0.2) is 0 Å². The van der Waals surface area contributed by atoms with Crippen molar-refractivity contribution in [1.82, 2.24) is 10.2 Å². The van der Waals surface area contributed by atoms with Crippen molar-refractivity contribution in [2.75, 3.05) is 13.1 Å². The summed E-state index contributed by atoms with van der Waals surface area (Å²) in [5.41, 5.74) is 0. The lowest BCUT2D eigenvalue weighted by Crippen LogP contribution is -2.48. The zero-order chi connectivity index (χ0) is 13.7. The Labute approximate surface area is 113 Å². The van der Waals surface area contributed by atoms with Gasteiger partial charge < -0.3 is 9.73 Å². The molecule has 5 heteroatoms. The molecule has 19 heavy (non-hydrogen) atoms. The van der Waals surface area contributed by atoms with Crippen LogP contribution in [0.2, 0.25) is 0 Å². The molecule has 2 unspecified atom stereocenters. The quantitative estimate of drug-likeness (QED) is 0.892. The first kappa shape index (κ1) is 13.6. The SMILES string of the molecule is CC(C(=O)NCc1ccco1)N1CCCC(C#N)C1. The summed E-state index contributed by atoms with van der Waals surface area (Å²) in [7, 11) is 0. The summed E-state index contributed by atoms with van der Waals surface area (Å²) in [5, 5.41) is 11.8. The predicted octanol–water partition coefficient (Wildman–Crippen LogP) is 1.52. The minimum absolute atomic E-state index is 0.0185. The molecule has 2 rings (SSSR count). The Bertz CT molecular complexity index is 450. The molecule has 0 saturated carbocycles. The van der Waals surface area contributed by atoms with Gasteiger partial charge in [0.1, 0.15) is 5.76 Å². The van der Waals surface area contributed by atoms with E-state index >= 15 is 0 Å². The molecule has 0 bridgehead atoms. The van der Waals surface area contributed by atoms with Crippen LogP contribution in [-0.4, -0.2) is 29.9 Å². The highest BCUT2D eigenvalue weighted by Crippen LogP contribution is 2.17. The molecular weight excluding hydrogens is 242 g/mol. The van der Waals surface area contributed by atoms with E-state index in [1.807, 2.05) is 13.0 Å². The third-order valence-corrected chi connectivity index (χ3v) is 3.58. The molecule has 5 nitrogen and oxygen atoms in total. The Morgan fingerprint density at radius 3 is 3.26 bits per heavy atom. The summed E-state index contributed by atoms with van der Waals surface area (Å²) in [6.07, 6.45) is 3.51. The van der Waals surface area contributed by atoms with E-state index < -0.39 is 0 Å². The lowest BCUT2D eigenvalue weighted by Gasteiger charge is -2.33. The van der Waals surface area contributed by atoms with Crippen LogP contribution in [0.4, 0.5) is 0 Å². The first-order valence-corrected chi connectivity index (χ1v) is 6.64. The zero-order valence-electron chi connectivity index (χ0n) is 11.1. The van der Waals surface area contributed by atoms with Crippen LogP contribution in [0.15, 0.2) is 22.8 Å². The topological polar surface area (TPSA) is 69.3 Å². The van der Waals surface area contributed by atoms with E-state index in [-0.39, 0.29) is 17.9 Å². The van der Waals surface area contributed by atoms with Crippen molar-refractivity contribution in [3.63, 3.8) is 0 Å². The van der Waals surface area contributed by atoms with Crippen molar-refractivity contribution < 1.29 is 9.21 Å². The number of nitrogens with zero attached hydrogens (tertiary/aromatic N) is 2. The second kappa shape index (κ2) is 6.39. The average molecular weight is 261 g/mol. The Kier molecular flexibility index (Phi) is 4.58. The number of amides is 1. The van der Waals surface area contributed by atoms with Crippen molar-refractivity contribution in [2.45, 2.75) is 32.4 Å². The molecule has 1 fully saturated rings. The number of carbonyl (C=O) groups excluding carboxylic acids is 1. The van der Waals surface area contributed by atoms with Gasteiger partial charge in [0.05, 0.1) is 30.8 Å². The second-order valence-corrected chi connectivity index (χ2v) is 4.94. The molecule has 2 heterocycles. The molecule has 0 radical (unpaired) electrons. The number of nitrogens with one attached hydrogen (secondary N) is 1. The maximum atomic E-state index is 12.1. The highest BCUT2D eigenvalue weighted by atomic mass is 16.3. The summed E-state index contributed by atoms with van der Waals surface area (Å²) < 4.78 is 5.17. The van der Waals surface area contributed by atoms with Crippen molar-refractivity contribution in [2.24, 2.45) is 5.92 Å². The van der Waals surface area contributed by atoms with Crippen LogP contribution in [0.1, 0.15) is 25.5 Å². The summed E-state index contributed by atoms with van der Waals surface area (Å²) in [5.74, 6) is 0.776. The normalized spacial score (nSPS) is 21.6. The first-order chi connectivity index (χ1) is 9.20. The molecule has 1 aliphatic rings. The number of carbonyl (C=O) groups is 1. The smallest absolute Gasteiger partial charge is 0.237 e. The fraction of sp³-hybridized carbons (Fsp3) is 0.571. The van der Waals surface area contributed by atoms with Crippen LogP contribution < -0.4 is 5.32 Å². The van der Waals surface area contributed by atoms with Gasteiger partial charge in [-0.2, -0.15) is 5.26 Å². The first-order valence-electron chi connectivity index (χ1n) is 6.64. The van der Waals surface area contributed by atoms with Gasteiger partial charge in [0.15, 0.2) is 0 Å². The van der Waals surface area contributed by atoms with Crippen molar-refractivity contribution >= 4 is 5.91 Å². The molecule has 1 aromatic heterocycles. The lowest BCUT2D eigenvalue weighted by atomic mass is 9.98. The van der Waals surface area contributed by atoms with Crippen LogP contribution in [0, 0.1) is 17.2 Å². The number of likely N-dealkylation sites (tertiary alicyclic amines) is 1. The zero-order valence-corrected chi connectivity index (χ0v) is 11.1. The van der Waals surface area contributed by atoms with Gasteiger partial charge in [-0.1, -0.05) is 0 Å². The van der Waals surface area contributed by atoms with Crippen LogP contribution in [-0.2, 0) is 11.3 Å². The van der Waals surface area contributed by atoms with Crippen LogP contribution in [0.3, 0.4) is 0 Å². The van der Waals surface area contributed by atoms with Gasteiger partial charge in [-0.3, -0.25) is 9.69 Å². The molecule has 2 atom stereocenters. The van der Waals surface area contributed by atoms with Gasteiger partial charge in [0, 0.05) is 6.54 Å². The lowest BCUT2D eigenvalue weighted by molar-refractivity contribution is -0.126. The molecular formula is C14H19N3O2. The predicted molar refractivity (Wildman–Crippen MR) is 69.9 cm³/mol. The number of furan rings is 1. The number of piperidine rings is 1.